The number of anilines is 1. The lowest BCUT2D eigenvalue weighted by Crippen LogP contribution is -2.38. The Morgan fingerprint density at radius 2 is 1.93 bits per heavy atom. The standard InChI is InChI=1S/C19H16N2O4S2/c22-18-17(12-20-11-15-7-4-9-25-15)27(23,24)21(16-8-10-26-19(16)18)13-14-5-2-1-3-6-14/h1-10,12,20H,11,13H2. The Morgan fingerprint density at radius 3 is 2.67 bits per heavy atom. The van der Waals surface area contributed by atoms with E-state index < -0.39 is 15.8 Å². The zero-order chi connectivity index (χ0) is 18.9. The Balaban J connectivity index is 1.69. The largest absolute Gasteiger partial charge is 0.467 e. The van der Waals surface area contributed by atoms with Gasteiger partial charge in [0.15, 0.2) is 4.91 Å². The van der Waals surface area contributed by atoms with Crippen molar-refractivity contribution in [1.29, 1.82) is 0 Å². The van der Waals surface area contributed by atoms with Crippen molar-refractivity contribution in [3.8, 4) is 0 Å². The second-order valence-electron chi connectivity index (χ2n) is 5.93. The summed E-state index contributed by atoms with van der Waals surface area (Å²) >= 11 is 1.24. The third-order valence-electron chi connectivity index (χ3n) is 4.17. The van der Waals surface area contributed by atoms with Gasteiger partial charge < -0.3 is 9.73 Å². The number of furan rings is 1. The molecule has 0 radical (unpaired) electrons. The summed E-state index contributed by atoms with van der Waals surface area (Å²) in [5, 5.41) is 4.60. The molecule has 0 bridgehead atoms. The van der Waals surface area contributed by atoms with Crippen molar-refractivity contribution in [3.63, 3.8) is 0 Å². The number of hydrogen-bond acceptors (Lipinski definition) is 6. The molecule has 1 aliphatic heterocycles. The average molecular weight is 400 g/mol. The van der Waals surface area contributed by atoms with E-state index in [0.717, 1.165) is 5.56 Å². The summed E-state index contributed by atoms with van der Waals surface area (Å²) < 4.78 is 32.8. The van der Waals surface area contributed by atoms with Crippen molar-refractivity contribution in [2.24, 2.45) is 0 Å². The van der Waals surface area contributed by atoms with Crippen LogP contribution in [0.25, 0.3) is 0 Å². The summed E-state index contributed by atoms with van der Waals surface area (Å²) in [7, 11) is -3.98. The maximum Gasteiger partial charge on any atom is 0.270 e. The fourth-order valence-corrected chi connectivity index (χ4v) is 5.37. The second-order valence-corrected chi connectivity index (χ2v) is 8.68. The number of rotatable bonds is 5. The summed E-state index contributed by atoms with van der Waals surface area (Å²) in [5.74, 6) is 0.154. The number of sulfonamides is 1. The number of hydrogen-bond donors (Lipinski definition) is 1. The quantitative estimate of drug-likeness (QED) is 0.663. The van der Waals surface area contributed by atoms with Gasteiger partial charge in [0.2, 0.25) is 5.78 Å². The van der Waals surface area contributed by atoms with Gasteiger partial charge in [-0.25, -0.2) is 8.42 Å². The molecule has 0 unspecified atom stereocenters. The zero-order valence-electron chi connectivity index (χ0n) is 14.2. The van der Waals surface area contributed by atoms with E-state index in [4.69, 9.17) is 4.42 Å². The number of fused-ring (bicyclic) bond motifs is 1. The van der Waals surface area contributed by atoms with Crippen LogP contribution in [0.5, 0.6) is 0 Å². The van der Waals surface area contributed by atoms with E-state index >= 15 is 0 Å². The Labute approximate surface area is 160 Å². The lowest BCUT2D eigenvalue weighted by Gasteiger charge is -2.29. The summed E-state index contributed by atoms with van der Waals surface area (Å²) in [4.78, 5) is 12.9. The van der Waals surface area contributed by atoms with E-state index in [1.807, 2.05) is 30.3 Å². The van der Waals surface area contributed by atoms with Crippen molar-refractivity contribution in [2.45, 2.75) is 13.1 Å². The van der Waals surface area contributed by atoms with E-state index in [0.29, 0.717) is 16.3 Å². The Bertz CT molecular complexity index is 1080. The van der Waals surface area contributed by atoms with Crippen molar-refractivity contribution < 1.29 is 17.6 Å². The van der Waals surface area contributed by atoms with Gasteiger partial charge in [0.25, 0.3) is 10.0 Å². The maximum absolute atomic E-state index is 13.2. The molecular weight excluding hydrogens is 384 g/mol. The number of Topliss-reactive ketones (excluding diaryl/α,β-unsaturated/α-hetero) is 1. The molecule has 0 fully saturated rings. The average Bonchev–Trinajstić information content (AvgIpc) is 3.34. The summed E-state index contributed by atoms with van der Waals surface area (Å²) in [6.07, 6.45) is 2.80. The molecule has 4 rings (SSSR count). The fourth-order valence-electron chi connectivity index (χ4n) is 2.86. The molecule has 3 aromatic rings. The van der Waals surface area contributed by atoms with Crippen molar-refractivity contribution in [1.82, 2.24) is 5.32 Å². The molecule has 3 heterocycles. The van der Waals surface area contributed by atoms with E-state index in [9.17, 15) is 13.2 Å². The van der Waals surface area contributed by atoms with Gasteiger partial charge >= 0.3 is 0 Å². The second kappa shape index (κ2) is 7.05. The number of allylic oxidation sites excluding steroid dienone is 1. The lowest BCUT2D eigenvalue weighted by molar-refractivity contribution is 0.104. The zero-order valence-corrected chi connectivity index (χ0v) is 15.8. The van der Waals surface area contributed by atoms with Crippen LogP contribution in [0.15, 0.2) is 75.7 Å². The molecule has 0 saturated heterocycles. The van der Waals surface area contributed by atoms with Gasteiger partial charge in [0.1, 0.15) is 10.6 Å². The highest BCUT2D eigenvalue weighted by Crippen LogP contribution is 2.39. The molecule has 1 aliphatic rings. The molecule has 2 aromatic heterocycles. The highest BCUT2D eigenvalue weighted by Gasteiger charge is 2.41. The van der Waals surface area contributed by atoms with Crippen LogP contribution in [-0.4, -0.2) is 14.2 Å². The van der Waals surface area contributed by atoms with Gasteiger partial charge in [0, 0.05) is 6.20 Å². The topological polar surface area (TPSA) is 79.6 Å². The van der Waals surface area contributed by atoms with Crippen LogP contribution < -0.4 is 9.62 Å². The third kappa shape index (κ3) is 3.29. The normalized spacial score (nSPS) is 17.1. The van der Waals surface area contributed by atoms with Gasteiger partial charge in [-0.15, -0.1) is 11.3 Å². The fraction of sp³-hybridized carbons (Fsp3) is 0.105. The SMILES string of the molecule is O=C1C(=CNCc2ccco2)S(=O)(=O)N(Cc2ccccc2)c2ccsc21. The molecular formula is C19H16N2O4S2. The van der Waals surface area contributed by atoms with Crippen LogP contribution in [-0.2, 0) is 23.1 Å². The van der Waals surface area contributed by atoms with Gasteiger partial charge in [-0.05, 0) is 29.1 Å². The molecule has 0 saturated carbocycles. The van der Waals surface area contributed by atoms with Crippen molar-refractivity contribution in [3.05, 3.63) is 87.5 Å². The smallest absolute Gasteiger partial charge is 0.270 e. The molecule has 138 valence electrons. The Hall–Kier alpha value is -2.84. The molecule has 0 spiro atoms. The number of nitrogens with one attached hydrogen (secondary N) is 1. The van der Waals surface area contributed by atoms with Crippen molar-refractivity contribution >= 4 is 32.8 Å². The minimum atomic E-state index is -3.98. The molecule has 8 heteroatoms. The molecule has 0 aliphatic carbocycles. The van der Waals surface area contributed by atoms with Crippen LogP contribution >= 0.6 is 11.3 Å². The summed E-state index contributed by atoms with van der Waals surface area (Å²) in [5.41, 5.74) is 1.27. The number of benzene rings is 1. The van der Waals surface area contributed by atoms with Gasteiger partial charge in [-0.3, -0.25) is 9.10 Å². The highest BCUT2D eigenvalue weighted by atomic mass is 32.2. The lowest BCUT2D eigenvalue weighted by atomic mass is 10.2. The molecule has 6 nitrogen and oxygen atoms in total. The monoisotopic (exact) mass is 400 g/mol. The minimum Gasteiger partial charge on any atom is -0.467 e. The van der Waals surface area contributed by atoms with E-state index in [-0.39, 0.29) is 18.0 Å². The number of nitrogens with zero attached hydrogens (tertiary/aromatic N) is 1. The molecule has 1 N–H and O–H groups in total. The summed E-state index contributed by atoms with van der Waals surface area (Å²) in [6.45, 7) is 0.449. The first-order valence-electron chi connectivity index (χ1n) is 8.22. The van der Waals surface area contributed by atoms with Gasteiger partial charge in [-0.1, -0.05) is 30.3 Å². The Kier molecular flexibility index (Phi) is 4.59. The molecule has 1 aromatic carbocycles. The van der Waals surface area contributed by atoms with Gasteiger partial charge in [-0.2, -0.15) is 0 Å². The Morgan fingerprint density at radius 1 is 1.11 bits per heavy atom. The van der Waals surface area contributed by atoms with Crippen LogP contribution in [0.4, 0.5) is 5.69 Å². The third-order valence-corrected chi connectivity index (χ3v) is 6.84. The number of carbonyl (C=O) groups excluding carboxylic acids is 1. The first-order valence-corrected chi connectivity index (χ1v) is 10.5. The first kappa shape index (κ1) is 17.6. The number of thiophene rings is 1. The molecule has 0 amide bonds. The van der Waals surface area contributed by atoms with Gasteiger partial charge in [0.05, 0.1) is 25.0 Å². The number of carbonyl (C=O) groups is 1. The highest BCUT2D eigenvalue weighted by molar-refractivity contribution is 7.97. The van der Waals surface area contributed by atoms with Crippen LogP contribution in [0.2, 0.25) is 0 Å². The van der Waals surface area contributed by atoms with Crippen molar-refractivity contribution in [2.75, 3.05) is 4.31 Å². The first-order chi connectivity index (χ1) is 13.1. The van der Waals surface area contributed by atoms with Crippen LogP contribution in [0.3, 0.4) is 0 Å². The predicted molar refractivity (Wildman–Crippen MR) is 104 cm³/mol. The van der Waals surface area contributed by atoms with E-state index in [1.54, 1.807) is 23.6 Å². The predicted octanol–water partition coefficient (Wildman–Crippen LogP) is 3.51. The number of ketones is 1. The molecule has 27 heavy (non-hydrogen) atoms. The maximum atomic E-state index is 13.2. The van der Waals surface area contributed by atoms with Crippen LogP contribution in [0.1, 0.15) is 21.0 Å². The van der Waals surface area contributed by atoms with E-state index in [2.05, 4.69) is 5.32 Å². The summed E-state index contributed by atoms with van der Waals surface area (Å²) in [6, 6.07) is 14.5. The molecule has 0 atom stereocenters. The van der Waals surface area contributed by atoms with E-state index in [1.165, 1.54) is 28.1 Å². The van der Waals surface area contributed by atoms with Crippen LogP contribution in [0, 0.1) is 0 Å². The minimum absolute atomic E-state index is 0.162.